The molecular formula is C12H16ClNO3S. The predicted molar refractivity (Wildman–Crippen MR) is 71.4 cm³/mol. The first-order valence-electron chi connectivity index (χ1n) is 5.55. The minimum Gasteiger partial charge on any atom is -0.353 e. The van der Waals surface area contributed by atoms with Gasteiger partial charge in [0.15, 0.2) is 9.84 Å². The second kappa shape index (κ2) is 5.71. The van der Waals surface area contributed by atoms with Crippen LogP contribution < -0.4 is 5.32 Å². The van der Waals surface area contributed by atoms with Crippen molar-refractivity contribution in [3.63, 3.8) is 0 Å². The lowest BCUT2D eigenvalue weighted by atomic mass is 10.3. The fraction of sp³-hybridized carbons (Fsp3) is 0.417. The third-order valence-electron chi connectivity index (χ3n) is 2.39. The molecule has 1 atom stereocenters. The molecule has 0 saturated carbocycles. The molecule has 0 unspecified atom stereocenters. The Hall–Kier alpha value is -1.07. The molecule has 0 aliphatic heterocycles. The average molecular weight is 290 g/mol. The van der Waals surface area contributed by atoms with Crippen LogP contribution in [-0.2, 0) is 14.6 Å². The summed E-state index contributed by atoms with van der Waals surface area (Å²) in [4.78, 5) is 11.8. The number of carbonyl (C=O) groups is 1. The highest BCUT2D eigenvalue weighted by Gasteiger charge is 2.30. The number of sulfone groups is 1. The average Bonchev–Trinajstić information content (AvgIpc) is 2.27. The van der Waals surface area contributed by atoms with Gasteiger partial charge in [0, 0.05) is 11.1 Å². The number of halogens is 1. The largest absolute Gasteiger partial charge is 0.353 e. The van der Waals surface area contributed by atoms with Crippen LogP contribution in [0.3, 0.4) is 0 Å². The van der Waals surface area contributed by atoms with E-state index in [-0.39, 0.29) is 10.9 Å². The standard InChI is InChI=1S/C12H16ClNO3S/c1-8(2)14-12(15)9(3)18(16,17)11-6-4-5-10(13)7-11/h4-9H,1-3H3,(H,14,15)/t9-/m1/s1. The van der Waals surface area contributed by atoms with Crippen LogP contribution >= 0.6 is 11.6 Å². The van der Waals surface area contributed by atoms with E-state index in [4.69, 9.17) is 11.6 Å². The number of rotatable bonds is 4. The fourth-order valence-corrected chi connectivity index (χ4v) is 2.96. The van der Waals surface area contributed by atoms with E-state index in [2.05, 4.69) is 5.32 Å². The summed E-state index contributed by atoms with van der Waals surface area (Å²) in [6.07, 6.45) is 0. The van der Waals surface area contributed by atoms with Crippen molar-refractivity contribution in [1.82, 2.24) is 5.32 Å². The topological polar surface area (TPSA) is 63.2 Å². The SMILES string of the molecule is CC(C)NC(=O)[C@@H](C)S(=O)(=O)c1cccc(Cl)c1. The zero-order valence-electron chi connectivity index (χ0n) is 10.5. The molecule has 1 amide bonds. The van der Waals surface area contributed by atoms with Crippen molar-refractivity contribution in [1.29, 1.82) is 0 Å². The number of hydrogen-bond acceptors (Lipinski definition) is 3. The minimum atomic E-state index is -3.70. The van der Waals surface area contributed by atoms with Crippen LogP contribution in [0.2, 0.25) is 5.02 Å². The van der Waals surface area contributed by atoms with Crippen molar-refractivity contribution in [3.05, 3.63) is 29.3 Å². The monoisotopic (exact) mass is 289 g/mol. The molecule has 1 aromatic carbocycles. The maximum Gasteiger partial charge on any atom is 0.238 e. The van der Waals surface area contributed by atoms with E-state index in [1.54, 1.807) is 26.0 Å². The van der Waals surface area contributed by atoms with Gasteiger partial charge in [0.2, 0.25) is 5.91 Å². The third kappa shape index (κ3) is 3.46. The zero-order valence-corrected chi connectivity index (χ0v) is 12.0. The molecule has 4 nitrogen and oxygen atoms in total. The lowest BCUT2D eigenvalue weighted by Gasteiger charge is -2.15. The molecule has 1 aromatic rings. The van der Waals surface area contributed by atoms with E-state index in [0.29, 0.717) is 5.02 Å². The Labute approximate surface area is 112 Å². The van der Waals surface area contributed by atoms with Crippen LogP contribution in [0.15, 0.2) is 29.2 Å². The summed E-state index contributed by atoms with van der Waals surface area (Å²) in [5.41, 5.74) is 0. The highest BCUT2D eigenvalue weighted by atomic mass is 35.5. The second-order valence-electron chi connectivity index (χ2n) is 4.31. The van der Waals surface area contributed by atoms with Gasteiger partial charge in [0.25, 0.3) is 0 Å². The Bertz CT molecular complexity index is 540. The van der Waals surface area contributed by atoms with Gasteiger partial charge in [0.05, 0.1) is 4.90 Å². The van der Waals surface area contributed by atoms with Gasteiger partial charge in [-0.1, -0.05) is 17.7 Å². The molecule has 6 heteroatoms. The molecule has 0 aromatic heterocycles. The number of amides is 1. The normalized spacial score (nSPS) is 13.4. The van der Waals surface area contributed by atoms with Crippen LogP contribution in [0.25, 0.3) is 0 Å². The number of carbonyl (C=O) groups excluding carboxylic acids is 1. The maximum atomic E-state index is 12.2. The van der Waals surface area contributed by atoms with Crippen molar-refractivity contribution < 1.29 is 13.2 Å². The maximum absolute atomic E-state index is 12.2. The van der Waals surface area contributed by atoms with Crippen LogP contribution in [-0.4, -0.2) is 25.6 Å². The Morgan fingerprint density at radius 2 is 1.89 bits per heavy atom. The van der Waals surface area contributed by atoms with E-state index >= 15 is 0 Å². The summed E-state index contributed by atoms with van der Waals surface area (Å²) in [6, 6.07) is 5.80. The first-order chi connectivity index (χ1) is 8.25. The van der Waals surface area contributed by atoms with E-state index in [1.807, 2.05) is 0 Å². The van der Waals surface area contributed by atoms with E-state index in [0.717, 1.165) is 0 Å². The Morgan fingerprint density at radius 1 is 1.28 bits per heavy atom. The van der Waals surface area contributed by atoms with E-state index < -0.39 is 21.0 Å². The van der Waals surface area contributed by atoms with Crippen molar-refractivity contribution in [2.24, 2.45) is 0 Å². The van der Waals surface area contributed by atoms with Crippen molar-refractivity contribution in [3.8, 4) is 0 Å². The smallest absolute Gasteiger partial charge is 0.238 e. The number of hydrogen-bond donors (Lipinski definition) is 1. The van der Waals surface area contributed by atoms with Gasteiger partial charge in [-0.3, -0.25) is 4.79 Å². The quantitative estimate of drug-likeness (QED) is 0.922. The minimum absolute atomic E-state index is 0.0569. The molecule has 0 bridgehead atoms. The number of nitrogens with one attached hydrogen (secondary N) is 1. The van der Waals surface area contributed by atoms with Gasteiger partial charge in [-0.15, -0.1) is 0 Å². The molecule has 1 N–H and O–H groups in total. The van der Waals surface area contributed by atoms with Crippen LogP contribution in [0.4, 0.5) is 0 Å². The van der Waals surface area contributed by atoms with Gasteiger partial charge in [-0.25, -0.2) is 8.42 Å². The summed E-state index contributed by atoms with van der Waals surface area (Å²) < 4.78 is 24.4. The molecule has 0 fully saturated rings. The van der Waals surface area contributed by atoms with Crippen molar-refractivity contribution >= 4 is 27.3 Å². The Balaban J connectivity index is 3.04. The highest BCUT2D eigenvalue weighted by Crippen LogP contribution is 2.20. The van der Waals surface area contributed by atoms with Crippen LogP contribution in [0, 0.1) is 0 Å². The molecular weight excluding hydrogens is 274 g/mol. The molecule has 100 valence electrons. The molecule has 1 rings (SSSR count). The molecule has 0 heterocycles. The van der Waals surface area contributed by atoms with Crippen LogP contribution in [0.1, 0.15) is 20.8 Å². The van der Waals surface area contributed by atoms with Crippen molar-refractivity contribution in [2.75, 3.05) is 0 Å². The fourth-order valence-electron chi connectivity index (χ4n) is 1.39. The number of benzene rings is 1. The Kier molecular flexibility index (Phi) is 4.76. The molecule has 0 spiro atoms. The van der Waals surface area contributed by atoms with Crippen LogP contribution in [0.5, 0.6) is 0 Å². The molecule has 0 aliphatic carbocycles. The molecule has 0 saturated heterocycles. The summed E-state index contributed by atoms with van der Waals surface area (Å²) in [7, 11) is -3.70. The lowest BCUT2D eigenvalue weighted by Crippen LogP contribution is -2.41. The predicted octanol–water partition coefficient (Wildman–Crippen LogP) is 2.03. The third-order valence-corrected chi connectivity index (χ3v) is 4.68. The van der Waals surface area contributed by atoms with Gasteiger partial charge < -0.3 is 5.32 Å². The summed E-state index contributed by atoms with van der Waals surface area (Å²) in [6.45, 7) is 4.92. The molecule has 18 heavy (non-hydrogen) atoms. The molecule has 0 radical (unpaired) electrons. The highest BCUT2D eigenvalue weighted by molar-refractivity contribution is 7.92. The summed E-state index contributed by atoms with van der Waals surface area (Å²) in [5, 5.41) is 1.77. The van der Waals surface area contributed by atoms with E-state index in [9.17, 15) is 13.2 Å². The Morgan fingerprint density at radius 3 is 2.39 bits per heavy atom. The van der Waals surface area contributed by atoms with Gasteiger partial charge >= 0.3 is 0 Å². The second-order valence-corrected chi connectivity index (χ2v) is 7.01. The summed E-state index contributed by atoms with van der Waals surface area (Å²) >= 11 is 5.75. The van der Waals surface area contributed by atoms with Crippen molar-refractivity contribution in [2.45, 2.75) is 37.0 Å². The van der Waals surface area contributed by atoms with Gasteiger partial charge in [-0.05, 0) is 39.0 Å². The van der Waals surface area contributed by atoms with E-state index in [1.165, 1.54) is 19.1 Å². The van der Waals surface area contributed by atoms with Gasteiger partial charge in [-0.2, -0.15) is 0 Å². The molecule has 0 aliphatic rings. The zero-order chi connectivity index (χ0) is 13.9. The first-order valence-corrected chi connectivity index (χ1v) is 7.47. The first kappa shape index (κ1) is 15.0. The summed E-state index contributed by atoms with van der Waals surface area (Å²) in [5.74, 6) is -0.509. The lowest BCUT2D eigenvalue weighted by molar-refractivity contribution is -0.120. The van der Waals surface area contributed by atoms with Gasteiger partial charge in [0.1, 0.15) is 5.25 Å².